The predicted octanol–water partition coefficient (Wildman–Crippen LogP) is 3.29. The van der Waals surface area contributed by atoms with Crippen molar-refractivity contribution in [1.82, 2.24) is 0 Å². The van der Waals surface area contributed by atoms with Gasteiger partial charge in [-0.15, -0.1) is 0 Å². The zero-order chi connectivity index (χ0) is 16.0. The molecule has 2 aromatic carbocycles. The smallest absolute Gasteiger partial charge is 0.201 e. The topological polar surface area (TPSA) is 68.9 Å². The van der Waals surface area contributed by atoms with Crippen LogP contribution in [-0.2, 0) is 0 Å². The Morgan fingerprint density at radius 3 is 2.45 bits per heavy atom. The number of phenols is 1. The lowest BCUT2D eigenvalue weighted by atomic mass is 10.0. The Labute approximate surface area is 126 Å². The molecule has 5 heteroatoms. The van der Waals surface area contributed by atoms with E-state index in [1.807, 2.05) is 0 Å². The Bertz CT molecular complexity index is 953. The standard InChI is InChI=1S/C17H16O5/c1-8-5-12-14(9(2)15(8)18)16(19)11-6-10(20-3)7-13(21-4)17(11)22-12/h5-7,18H,1-4H3. The number of ether oxygens (including phenoxy) is 2. The lowest BCUT2D eigenvalue weighted by Crippen LogP contribution is -2.06. The zero-order valence-corrected chi connectivity index (χ0v) is 12.8. The van der Waals surface area contributed by atoms with E-state index in [1.54, 1.807) is 32.0 Å². The summed E-state index contributed by atoms with van der Waals surface area (Å²) >= 11 is 0. The maximum absolute atomic E-state index is 12.8. The molecule has 114 valence electrons. The van der Waals surface area contributed by atoms with Gasteiger partial charge in [0.05, 0.1) is 25.0 Å². The second-order valence-corrected chi connectivity index (χ2v) is 5.18. The molecular formula is C17H16O5. The van der Waals surface area contributed by atoms with Crippen LogP contribution in [0, 0.1) is 13.8 Å². The first-order chi connectivity index (χ1) is 10.5. The van der Waals surface area contributed by atoms with E-state index in [-0.39, 0.29) is 11.2 Å². The molecule has 0 aliphatic carbocycles. The second-order valence-electron chi connectivity index (χ2n) is 5.18. The second kappa shape index (κ2) is 4.94. The van der Waals surface area contributed by atoms with Crippen molar-refractivity contribution < 1.29 is 19.0 Å². The van der Waals surface area contributed by atoms with Gasteiger partial charge in [0.1, 0.15) is 17.1 Å². The first-order valence-electron chi connectivity index (χ1n) is 6.79. The first kappa shape index (κ1) is 14.3. The summed E-state index contributed by atoms with van der Waals surface area (Å²) in [5.74, 6) is 1.04. The van der Waals surface area contributed by atoms with Crippen molar-refractivity contribution in [3.05, 3.63) is 39.5 Å². The Balaban J connectivity index is 2.58. The number of fused-ring (bicyclic) bond motifs is 2. The average Bonchev–Trinajstić information content (AvgIpc) is 2.52. The molecule has 0 saturated carbocycles. The molecule has 22 heavy (non-hydrogen) atoms. The summed E-state index contributed by atoms with van der Waals surface area (Å²) in [6.07, 6.45) is 0. The molecule has 5 nitrogen and oxygen atoms in total. The minimum atomic E-state index is -0.221. The number of benzene rings is 2. The van der Waals surface area contributed by atoms with E-state index >= 15 is 0 Å². The van der Waals surface area contributed by atoms with Crippen LogP contribution in [-0.4, -0.2) is 19.3 Å². The lowest BCUT2D eigenvalue weighted by Gasteiger charge is -2.11. The fourth-order valence-electron chi connectivity index (χ4n) is 2.66. The van der Waals surface area contributed by atoms with Crippen LogP contribution in [0.1, 0.15) is 11.1 Å². The largest absolute Gasteiger partial charge is 0.507 e. The normalized spacial score (nSPS) is 11.1. The van der Waals surface area contributed by atoms with E-state index in [4.69, 9.17) is 13.9 Å². The average molecular weight is 300 g/mol. The van der Waals surface area contributed by atoms with Crippen LogP contribution < -0.4 is 14.9 Å². The first-order valence-corrected chi connectivity index (χ1v) is 6.79. The minimum absolute atomic E-state index is 0.106. The van der Waals surface area contributed by atoms with Gasteiger partial charge in [0.2, 0.25) is 5.43 Å². The molecular weight excluding hydrogens is 284 g/mol. The number of phenolic OH excluding ortho intramolecular Hbond substituents is 1. The van der Waals surface area contributed by atoms with E-state index in [9.17, 15) is 9.90 Å². The molecule has 0 radical (unpaired) electrons. The van der Waals surface area contributed by atoms with E-state index < -0.39 is 0 Å². The van der Waals surface area contributed by atoms with Gasteiger partial charge in [-0.3, -0.25) is 4.79 Å². The van der Waals surface area contributed by atoms with Crippen molar-refractivity contribution in [2.75, 3.05) is 14.2 Å². The molecule has 3 rings (SSSR count). The molecule has 0 unspecified atom stereocenters. The monoisotopic (exact) mass is 300 g/mol. The van der Waals surface area contributed by atoms with Crippen molar-refractivity contribution in [2.24, 2.45) is 0 Å². The summed E-state index contributed by atoms with van der Waals surface area (Å²) in [6, 6.07) is 4.93. The molecule has 3 aromatic rings. The van der Waals surface area contributed by atoms with Gasteiger partial charge in [0.15, 0.2) is 11.3 Å². The van der Waals surface area contributed by atoms with Gasteiger partial charge in [0, 0.05) is 11.6 Å². The molecule has 0 atom stereocenters. The van der Waals surface area contributed by atoms with Gasteiger partial charge >= 0.3 is 0 Å². The molecule has 0 bridgehead atoms. The maximum Gasteiger partial charge on any atom is 0.201 e. The highest BCUT2D eigenvalue weighted by molar-refractivity contribution is 5.95. The van der Waals surface area contributed by atoms with Crippen molar-refractivity contribution in [2.45, 2.75) is 13.8 Å². The third-order valence-electron chi connectivity index (χ3n) is 3.87. The molecule has 1 N–H and O–H groups in total. The van der Waals surface area contributed by atoms with E-state index in [1.165, 1.54) is 14.2 Å². The highest BCUT2D eigenvalue weighted by atomic mass is 16.5. The third kappa shape index (κ3) is 1.89. The number of rotatable bonds is 2. The maximum atomic E-state index is 12.8. The van der Waals surface area contributed by atoms with Crippen LogP contribution >= 0.6 is 0 Å². The fraction of sp³-hybridized carbons (Fsp3) is 0.235. The third-order valence-corrected chi connectivity index (χ3v) is 3.87. The van der Waals surface area contributed by atoms with E-state index in [2.05, 4.69) is 0 Å². The Morgan fingerprint density at radius 1 is 1.09 bits per heavy atom. The molecule has 1 aromatic heterocycles. The lowest BCUT2D eigenvalue weighted by molar-refractivity contribution is 0.393. The summed E-state index contributed by atoms with van der Waals surface area (Å²) in [6.45, 7) is 3.46. The summed E-state index contributed by atoms with van der Waals surface area (Å²) in [7, 11) is 3.02. The molecule has 1 heterocycles. The predicted molar refractivity (Wildman–Crippen MR) is 84.2 cm³/mol. The van der Waals surface area contributed by atoms with Gasteiger partial charge in [-0.1, -0.05) is 0 Å². The van der Waals surface area contributed by atoms with Gasteiger partial charge in [0.25, 0.3) is 0 Å². The molecule has 0 fully saturated rings. The Hall–Kier alpha value is -2.69. The van der Waals surface area contributed by atoms with Gasteiger partial charge in [-0.05, 0) is 31.5 Å². The number of hydrogen-bond acceptors (Lipinski definition) is 5. The van der Waals surface area contributed by atoms with Crippen LogP contribution in [0.15, 0.2) is 27.4 Å². The van der Waals surface area contributed by atoms with Crippen LogP contribution in [0.2, 0.25) is 0 Å². The summed E-state index contributed by atoms with van der Waals surface area (Å²) < 4.78 is 16.4. The van der Waals surface area contributed by atoms with Gasteiger partial charge in [-0.25, -0.2) is 0 Å². The fourth-order valence-corrected chi connectivity index (χ4v) is 2.66. The SMILES string of the molecule is COc1cc(OC)c2oc3cc(C)c(O)c(C)c3c(=O)c2c1. The zero-order valence-electron chi connectivity index (χ0n) is 12.8. The van der Waals surface area contributed by atoms with Crippen LogP contribution in [0.25, 0.3) is 21.9 Å². The molecule has 0 aliphatic rings. The van der Waals surface area contributed by atoms with Crippen molar-refractivity contribution in [1.29, 1.82) is 0 Å². The van der Waals surface area contributed by atoms with Crippen LogP contribution in [0.4, 0.5) is 0 Å². The Morgan fingerprint density at radius 2 is 1.82 bits per heavy atom. The summed E-state index contributed by atoms with van der Waals surface area (Å²) in [4.78, 5) is 12.8. The van der Waals surface area contributed by atoms with Gasteiger partial charge in [-0.2, -0.15) is 0 Å². The summed E-state index contributed by atoms with van der Waals surface area (Å²) in [5, 5.41) is 10.8. The number of hydrogen-bond donors (Lipinski definition) is 1. The number of aryl methyl sites for hydroxylation is 2. The Kier molecular flexibility index (Phi) is 3.20. The van der Waals surface area contributed by atoms with E-state index in [0.717, 1.165) is 0 Å². The summed E-state index contributed by atoms with van der Waals surface area (Å²) in [5.41, 5.74) is 1.73. The molecule has 0 spiro atoms. The van der Waals surface area contributed by atoms with Crippen molar-refractivity contribution in [3.63, 3.8) is 0 Å². The number of methoxy groups -OCH3 is 2. The minimum Gasteiger partial charge on any atom is -0.507 e. The highest BCUT2D eigenvalue weighted by Crippen LogP contribution is 2.35. The van der Waals surface area contributed by atoms with Crippen LogP contribution in [0.5, 0.6) is 17.2 Å². The van der Waals surface area contributed by atoms with Crippen molar-refractivity contribution in [3.8, 4) is 17.2 Å². The molecule has 0 amide bonds. The van der Waals surface area contributed by atoms with Crippen LogP contribution in [0.3, 0.4) is 0 Å². The number of aromatic hydroxyl groups is 1. The molecule has 0 saturated heterocycles. The highest BCUT2D eigenvalue weighted by Gasteiger charge is 2.17. The van der Waals surface area contributed by atoms with Gasteiger partial charge < -0.3 is 19.0 Å². The quantitative estimate of drug-likeness (QED) is 0.735. The van der Waals surface area contributed by atoms with Crippen molar-refractivity contribution >= 4 is 21.9 Å². The molecule has 0 aliphatic heterocycles. The van der Waals surface area contributed by atoms with E-state index in [0.29, 0.717) is 44.6 Å².